The first-order valence-electron chi connectivity index (χ1n) is 10.1. The van der Waals surface area contributed by atoms with Gasteiger partial charge >= 0.3 is 11.8 Å². The third-order valence-corrected chi connectivity index (χ3v) is 7.93. The summed E-state index contributed by atoms with van der Waals surface area (Å²) in [5.41, 5.74) is 1.19. The Morgan fingerprint density at radius 3 is 2.59 bits per heavy atom. The van der Waals surface area contributed by atoms with Gasteiger partial charge in [0.1, 0.15) is 0 Å². The van der Waals surface area contributed by atoms with Crippen molar-refractivity contribution in [1.82, 2.24) is 19.3 Å². The number of aromatic nitrogens is 2. The van der Waals surface area contributed by atoms with Gasteiger partial charge in [-0.2, -0.15) is 9.29 Å². The Morgan fingerprint density at radius 1 is 1.14 bits per heavy atom. The van der Waals surface area contributed by atoms with Gasteiger partial charge in [0, 0.05) is 31.2 Å². The Morgan fingerprint density at radius 2 is 1.86 bits per heavy atom. The lowest BCUT2D eigenvalue weighted by atomic mass is 10.1. The number of benzene rings is 1. The number of rotatable bonds is 4. The first-order chi connectivity index (χ1) is 13.9. The predicted molar refractivity (Wildman–Crippen MR) is 107 cm³/mol. The molecule has 3 heterocycles. The molecule has 156 valence electrons. The molecule has 2 saturated heterocycles. The van der Waals surface area contributed by atoms with Gasteiger partial charge < -0.3 is 9.42 Å². The van der Waals surface area contributed by atoms with Crippen molar-refractivity contribution in [1.29, 1.82) is 0 Å². The predicted octanol–water partition coefficient (Wildman–Crippen LogP) is 2.84. The monoisotopic (exact) mass is 418 g/mol. The minimum Gasteiger partial charge on any atom is -0.334 e. The van der Waals surface area contributed by atoms with Crippen molar-refractivity contribution in [2.45, 2.75) is 56.9 Å². The lowest BCUT2D eigenvalue weighted by Gasteiger charge is -2.32. The molecule has 0 N–H and O–H groups in total. The highest BCUT2D eigenvalue weighted by Crippen LogP contribution is 2.30. The van der Waals surface area contributed by atoms with Crippen LogP contribution in [-0.4, -0.2) is 59.3 Å². The molecule has 0 aliphatic carbocycles. The fraction of sp³-hybridized carbons (Fsp3) is 0.550. The SMILES string of the molecule is Cc1ccc(-c2noc(C(=O)N3CCCC3)n2)cc1S(=O)(=O)N1CCCCC1C. The van der Waals surface area contributed by atoms with Crippen molar-refractivity contribution in [3.8, 4) is 11.4 Å². The Hall–Kier alpha value is -2.26. The van der Waals surface area contributed by atoms with Crippen LogP contribution < -0.4 is 0 Å². The minimum atomic E-state index is -3.62. The highest BCUT2D eigenvalue weighted by Gasteiger charge is 2.32. The lowest BCUT2D eigenvalue weighted by molar-refractivity contribution is 0.0743. The lowest BCUT2D eigenvalue weighted by Crippen LogP contribution is -2.42. The first kappa shape index (κ1) is 20.0. The maximum Gasteiger partial charge on any atom is 0.316 e. The Bertz CT molecular complexity index is 1010. The molecule has 1 aromatic carbocycles. The van der Waals surface area contributed by atoms with Crippen LogP contribution in [0.3, 0.4) is 0 Å². The fourth-order valence-corrected chi connectivity index (χ4v) is 6.01. The van der Waals surface area contributed by atoms with E-state index in [1.165, 1.54) is 0 Å². The molecule has 1 aromatic heterocycles. The minimum absolute atomic E-state index is 0.0216. The molecule has 2 fully saturated rings. The largest absolute Gasteiger partial charge is 0.334 e. The number of hydrogen-bond donors (Lipinski definition) is 0. The number of sulfonamides is 1. The van der Waals surface area contributed by atoms with Crippen LogP contribution >= 0.6 is 0 Å². The summed E-state index contributed by atoms with van der Waals surface area (Å²) in [4.78, 5) is 18.6. The van der Waals surface area contributed by atoms with Crippen molar-refractivity contribution in [2.75, 3.05) is 19.6 Å². The molecule has 1 unspecified atom stereocenters. The average molecular weight is 419 g/mol. The molecule has 2 aliphatic rings. The fourth-order valence-electron chi connectivity index (χ4n) is 4.06. The summed E-state index contributed by atoms with van der Waals surface area (Å²) in [6.07, 6.45) is 4.73. The van der Waals surface area contributed by atoms with Gasteiger partial charge in [-0.1, -0.05) is 23.7 Å². The van der Waals surface area contributed by atoms with Gasteiger partial charge in [0.15, 0.2) is 0 Å². The zero-order chi connectivity index (χ0) is 20.6. The normalized spacial score (nSPS) is 20.9. The summed E-state index contributed by atoms with van der Waals surface area (Å²) in [5.74, 6) is -0.115. The Balaban J connectivity index is 1.64. The van der Waals surface area contributed by atoms with Crippen molar-refractivity contribution in [3.05, 3.63) is 29.7 Å². The van der Waals surface area contributed by atoms with E-state index in [1.807, 2.05) is 6.92 Å². The maximum absolute atomic E-state index is 13.3. The molecule has 8 nitrogen and oxygen atoms in total. The van der Waals surface area contributed by atoms with E-state index in [9.17, 15) is 13.2 Å². The van der Waals surface area contributed by atoms with Crippen LogP contribution in [0.4, 0.5) is 0 Å². The molecule has 29 heavy (non-hydrogen) atoms. The van der Waals surface area contributed by atoms with E-state index in [1.54, 1.807) is 34.3 Å². The van der Waals surface area contributed by atoms with E-state index >= 15 is 0 Å². The number of nitrogens with zero attached hydrogens (tertiary/aromatic N) is 4. The molecule has 9 heteroatoms. The van der Waals surface area contributed by atoms with Crippen LogP contribution in [0.2, 0.25) is 0 Å². The van der Waals surface area contributed by atoms with Gasteiger partial charge in [0.25, 0.3) is 0 Å². The molecule has 1 amide bonds. The maximum atomic E-state index is 13.3. The van der Waals surface area contributed by atoms with E-state index in [4.69, 9.17) is 4.52 Å². The van der Waals surface area contributed by atoms with E-state index in [-0.39, 0.29) is 28.6 Å². The molecule has 0 saturated carbocycles. The second-order valence-corrected chi connectivity index (χ2v) is 9.72. The van der Waals surface area contributed by atoms with Gasteiger partial charge in [0.2, 0.25) is 15.8 Å². The van der Waals surface area contributed by atoms with E-state index in [0.717, 1.165) is 32.1 Å². The Kier molecular flexibility index (Phi) is 5.44. The number of hydrogen-bond acceptors (Lipinski definition) is 6. The molecule has 0 radical (unpaired) electrons. The second kappa shape index (κ2) is 7.87. The summed E-state index contributed by atoms with van der Waals surface area (Å²) in [6, 6.07) is 5.06. The van der Waals surface area contributed by atoms with Crippen molar-refractivity contribution in [2.24, 2.45) is 0 Å². The third-order valence-electron chi connectivity index (χ3n) is 5.78. The zero-order valence-electron chi connectivity index (χ0n) is 16.8. The first-order valence-corrected chi connectivity index (χ1v) is 11.6. The summed E-state index contributed by atoms with van der Waals surface area (Å²) in [6.45, 7) is 5.65. The summed E-state index contributed by atoms with van der Waals surface area (Å²) in [7, 11) is -3.62. The molecule has 2 aromatic rings. The topological polar surface area (TPSA) is 96.6 Å². The Labute approximate surface area is 170 Å². The van der Waals surface area contributed by atoms with Crippen LogP contribution in [0.1, 0.15) is 55.3 Å². The molecule has 1 atom stereocenters. The number of likely N-dealkylation sites (tertiary alicyclic amines) is 1. The van der Waals surface area contributed by atoms with Gasteiger partial charge in [-0.3, -0.25) is 4.79 Å². The highest BCUT2D eigenvalue weighted by atomic mass is 32.2. The summed E-state index contributed by atoms with van der Waals surface area (Å²) >= 11 is 0. The standard InChI is InChI=1S/C20H26N4O4S/c1-14-8-9-16(13-17(14)29(26,27)24-12-4-3-7-15(24)2)18-21-19(28-22-18)20(25)23-10-5-6-11-23/h8-9,13,15H,3-7,10-12H2,1-2H3. The number of piperidine rings is 1. The third kappa shape index (κ3) is 3.81. The number of carbonyl (C=O) groups is 1. The van der Waals surface area contributed by atoms with Crippen LogP contribution in [-0.2, 0) is 10.0 Å². The number of carbonyl (C=O) groups excluding carboxylic acids is 1. The van der Waals surface area contributed by atoms with E-state index in [2.05, 4.69) is 10.1 Å². The quantitative estimate of drug-likeness (QED) is 0.757. The van der Waals surface area contributed by atoms with Crippen molar-refractivity contribution in [3.63, 3.8) is 0 Å². The molecule has 0 bridgehead atoms. The zero-order valence-corrected chi connectivity index (χ0v) is 17.6. The second-order valence-electron chi connectivity index (χ2n) is 7.86. The van der Waals surface area contributed by atoms with E-state index < -0.39 is 10.0 Å². The summed E-state index contributed by atoms with van der Waals surface area (Å²) < 4.78 is 33.3. The van der Waals surface area contributed by atoms with Crippen LogP contribution in [0.15, 0.2) is 27.6 Å². The van der Waals surface area contributed by atoms with Crippen LogP contribution in [0, 0.1) is 6.92 Å². The van der Waals surface area contributed by atoms with Gasteiger partial charge in [-0.05, 0) is 51.2 Å². The smallest absolute Gasteiger partial charge is 0.316 e. The van der Waals surface area contributed by atoms with E-state index in [0.29, 0.717) is 30.8 Å². The van der Waals surface area contributed by atoms with Crippen molar-refractivity contribution < 1.29 is 17.7 Å². The average Bonchev–Trinajstić information content (AvgIpc) is 3.40. The van der Waals surface area contributed by atoms with Crippen LogP contribution in [0.25, 0.3) is 11.4 Å². The molecule has 2 aliphatic heterocycles. The molecule has 0 spiro atoms. The van der Waals surface area contributed by atoms with Gasteiger partial charge in [0.05, 0.1) is 4.90 Å². The molecule has 4 rings (SSSR count). The van der Waals surface area contributed by atoms with Crippen LogP contribution in [0.5, 0.6) is 0 Å². The highest BCUT2D eigenvalue weighted by molar-refractivity contribution is 7.89. The molecular formula is C20H26N4O4S. The molecular weight excluding hydrogens is 392 g/mol. The van der Waals surface area contributed by atoms with Crippen molar-refractivity contribution >= 4 is 15.9 Å². The number of aryl methyl sites for hydroxylation is 1. The number of amides is 1. The van der Waals surface area contributed by atoms with Gasteiger partial charge in [-0.25, -0.2) is 8.42 Å². The summed E-state index contributed by atoms with van der Waals surface area (Å²) in [5, 5.41) is 3.92. The van der Waals surface area contributed by atoms with Gasteiger partial charge in [-0.15, -0.1) is 0 Å².